The molecular weight excluding hydrogens is 334 g/mol. The lowest BCUT2D eigenvalue weighted by Crippen LogP contribution is -2.13. The molecule has 1 N–H and O–H groups in total. The van der Waals surface area contributed by atoms with Crippen LogP contribution < -0.4 is 4.90 Å². The Morgan fingerprint density at radius 1 is 0.720 bits per heavy atom. The molecule has 0 bridgehead atoms. The molecule has 0 aliphatic heterocycles. The topological polar surface area (TPSA) is 23.5 Å². The number of aromatic hydroxyl groups is 1. The van der Waals surface area contributed by atoms with E-state index in [4.69, 9.17) is 0 Å². The second kappa shape index (κ2) is 6.47. The number of hydrogen-bond donors (Lipinski definition) is 1. The lowest BCUT2D eigenvalue weighted by molar-refractivity contribution is -0.139. The molecular formula is C19H13F4NO. The van der Waals surface area contributed by atoms with Crippen LogP contribution in [0.25, 0.3) is 0 Å². The van der Waals surface area contributed by atoms with Crippen LogP contribution in [0.1, 0.15) is 5.56 Å². The number of nitrogens with zero attached hydrogens (tertiary/aromatic N) is 1. The average Bonchev–Trinajstić information content (AvgIpc) is 2.58. The molecule has 3 aromatic carbocycles. The molecule has 0 saturated carbocycles. The lowest BCUT2D eigenvalue weighted by Gasteiger charge is -2.26. The van der Waals surface area contributed by atoms with Gasteiger partial charge in [0.2, 0.25) is 0 Å². The van der Waals surface area contributed by atoms with Gasteiger partial charge in [-0.05, 0) is 54.6 Å². The van der Waals surface area contributed by atoms with Crippen LogP contribution in [0, 0.1) is 5.82 Å². The Hall–Kier alpha value is -3.02. The first-order chi connectivity index (χ1) is 11.9. The Kier molecular flexibility index (Phi) is 4.35. The smallest absolute Gasteiger partial charge is 0.419 e. The van der Waals surface area contributed by atoms with E-state index in [9.17, 15) is 22.7 Å². The van der Waals surface area contributed by atoms with Crippen molar-refractivity contribution in [3.63, 3.8) is 0 Å². The van der Waals surface area contributed by atoms with Gasteiger partial charge < -0.3 is 10.0 Å². The molecule has 128 valence electrons. The van der Waals surface area contributed by atoms with Crippen LogP contribution in [0.5, 0.6) is 5.75 Å². The third-order valence-electron chi connectivity index (χ3n) is 3.64. The predicted octanol–water partition coefficient (Wildman–Crippen LogP) is 6.02. The van der Waals surface area contributed by atoms with Gasteiger partial charge in [-0.25, -0.2) is 4.39 Å². The van der Waals surface area contributed by atoms with Crippen molar-refractivity contribution in [2.75, 3.05) is 4.90 Å². The van der Waals surface area contributed by atoms with Crippen molar-refractivity contribution in [3.8, 4) is 5.75 Å². The highest BCUT2D eigenvalue weighted by Crippen LogP contribution is 2.39. The van der Waals surface area contributed by atoms with Gasteiger partial charge in [-0.1, -0.05) is 18.2 Å². The minimum absolute atomic E-state index is 0.0341. The maximum atomic E-state index is 13.6. The number of anilines is 3. The van der Waals surface area contributed by atoms with E-state index >= 15 is 0 Å². The summed E-state index contributed by atoms with van der Waals surface area (Å²) in [6.45, 7) is 0. The average molecular weight is 347 g/mol. The van der Waals surface area contributed by atoms with Crippen molar-refractivity contribution < 1.29 is 22.7 Å². The van der Waals surface area contributed by atoms with E-state index < -0.39 is 17.6 Å². The van der Waals surface area contributed by atoms with Gasteiger partial charge in [0.25, 0.3) is 0 Å². The molecule has 0 aliphatic carbocycles. The van der Waals surface area contributed by atoms with Crippen molar-refractivity contribution in [1.82, 2.24) is 0 Å². The molecule has 25 heavy (non-hydrogen) atoms. The fraction of sp³-hybridized carbons (Fsp3) is 0.0526. The van der Waals surface area contributed by atoms with Crippen LogP contribution in [0.3, 0.4) is 0 Å². The number of halogens is 4. The van der Waals surface area contributed by atoms with E-state index in [1.807, 2.05) is 0 Å². The minimum atomic E-state index is -4.79. The van der Waals surface area contributed by atoms with Gasteiger partial charge in [-0.3, -0.25) is 0 Å². The Bertz CT molecular complexity index is 861. The van der Waals surface area contributed by atoms with E-state index in [-0.39, 0.29) is 11.4 Å². The molecule has 3 aromatic rings. The van der Waals surface area contributed by atoms with Crippen LogP contribution in [0.15, 0.2) is 72.8 Å². The molecule has 0 radical (unpaired) electrons. The number of phenolic OH excluding ortho intramolecular Hbond substituents is 1. The Morgan fingerprint density at radius 3 is 1.88 bits per heavy atom. The van der Waals surface area contributed by atoms with Gasteiger partial charge in [0.15, 0.2) is 0 Å². The first kappa shape index (κ1) is 16.8. The van der Waals surface area contributed by atoms with Crippen molar-refractivity contribution in [2.24, 2.45) is 0 Å². The minimum Gasteiger partial charge on any atom is -0.508 e. The molecule has 0 spiro atoms. The summed E-state index contributed by atoms with van der Waals surface area (Å²) < 4.78 is 52.8. The van der Waals surface area contributed by atoms with E-state index in [0.29, 0.717) is 11.4 Å². The summed E-state index contributed by atoms with van der Waals surface area (Å²) in [6.07, 6.45) is -4.79. The van der Waals surface area contributed by atoms with Crippen LogP contribution >= 0.6 is 0 Å². The second-order valence-corrected chi connectivity index (χ2v) is 5.35. The van der Waals surface area contributed by atoms with Crippen molar-refractivity contribution in [3.05, 3.63) is 84.2 Å². The third kappa shape index (κ3) is 3.57. The number of benzene rings is 3. The fourth-order valence-corrected chi connectivity index (χ4v) is 2.50. The predicted molar refractivity (Wildman–Crippen MR) is 87.7 cm³/mol. The molecule has 0 amide bonds. The quantitative estimate of drug-likeness (QED) is 0.586. The summed E-state index contributed by atoms with van der Waals surface area (Å²) in [6, 6.07) is 17.6. The van der Waals surface area contributed by atoms with Crippen LogP contribution in [0.2, 0.25) is 0 Å². The first-order valence-electron chi connectivity index (χ1n) is 7.37. The molecule has 0 aliphatic rings. The summed E-state index contributed by atoms with van der Waals surface area (Å²) in [5.74, 6) is -1.29. The van der Waals surface area contributed by atoms with E-state index in [1.165, 1.54) is 18.2 Å². The normalized spacial score (nSPS) is 11.4. The highest BCUT2D eigenvalue weighted by molar-refractivity contribution is 5.77. The molecule has 2 nitrogen and oxygen atoms in total. The molecule has 0 atom stereocenters. The standard InChI is InChI=1S/C19H13F4NO/c20-18-11-8-15(12-17(18)19(21,22)23)24(13-4-2-1-3-5-13)14-6-9-16(25)10-7-14/h1-12,25H. The van der Waals surface area contributed by atoms with Gasteiger partial charge in [0.05, 0.1) is 5.56 Å². The second-order valence-electron chi connectivity index (χ2n) is 5.35. The summed E-state index contributed by atoms with van der Waals surface area (Å²) in [4.78, 5) is 1.55. The van der Waals surface area contributed by atoms with Gasteiger partial charge in [-0.2, -0.15) is 13.2 Å². The fourth-order valence-electron chi connectivity index (χ4n) is 2.50. The van der Waals surface area contributed by atoms with E-state index in [2.05, 4.69) is 0 Å². The van der Waals surface area contributed by atoms with E-state index in [0.717, 1.165) is 12.1 Å². The highest BCUT2D eigenvalue weighted by atomic mass is 19.4. The number of hydrogen-bond acceptors (Lipinski definition) is 2. The van der Waals surface area contributed by atoms with Crippen molar-refractivity contribution in [1.29, 1.82) is 0 Å². The molecule has 6 heteroatoms. The number of rotatable bonds is 3. The zero-order valence-electron chi connectivity index (χ0n) is 12.8. The highest BCUT2D eigenvalue weighted by Gasteiger charge is 2.34. The molecule has 0 unspecified atom stereocenters. The van der Waals surface area contributed by atoms with Gasteiger partial charge in [0.1, 0.15) is 11.6 Å². The SMILES string of the molecule is Oc1ccc(N(c2ccccc2)c2ccc(F)c(C(F)(F)F)c2)cc1. The van der Waals surface area contributed by atoms with E-state index in [1.54, 1.807) is 47.4 Å². The Balaban J connectivity index is 2.17. The lowest BCUT2D eigenvalue weighted by atomic mass is 10.1. The van der Waals surface area contributed by atoms with Gasteiger partial charge >= 0.3 is 6.18 Å². The Morgan fingerprint density at radius 2 is 1.28 bits per heavy atom. The van der Waals surface area contributed by atoms with Gasteiger partial charge in [0, 0.05) is 17.1 Å². The summed E-state index contributed by atoms with van der Waals surface area (Å²) >= 11 is 0. The van der Waals surface area contributed by atoms with Crippen LogP contribution in [-0.2, 0) is 6.18 Å². The number of alkyl halides is 3. The maximum absolute atomic E-state index is 13.6. The summed E-state index contributed by atoms with van der Waals surface area (Å²) in [7, 11) is 0. The monoisotopic (exact) mass is 347 g/mol. The third-order valence-corrected chi connectivity index (χ3v) is 3.64. The van der Waals surface area contributed by atoms with Crippen molar-refractivity contribution in [2.45, 2.75) is 6.18 Å². The Labute approximate surface area is 141 Å². The van der Waals surface area contributed by atoms with Crippen molar-refractivity contribution >= 4 is 17.1 Å². The molecule has 0 saturated heterocycles. The summed E-state index contributed by atoms with van der Waals surface area (Å²) in [5, 5.41) is 9.45. The maximum Gasteiger partial charge on any atom is 0.419 e. The van der Waals surface area contributed by atoms with Crippen LogP contribution in [0.4, 0.5) is 34.6 Å². The largest absolute Gasteiger partial charge is 0.508 e. The molecule has 3 rings (SSSR count). The number of para-hydroxylation sites is 1. The van der Waals surface area contributed by atoms with Crippen LogP contribution in [-0.4, -0.2) is 5.11 Å². The zero-order chi connectivity index (χ0) is 18.0. The zero-order valence-corrected chi connectivity index (χ0v) is 12.8. The first-order valence-corrected chi connectivity index (χ1v) is 7.37. The van der Waals surface area contributed by atoms with Gasteiger partial charge in [-0.15, -0.1) is 0 Å². The molecule has 0 fully saturated rings. The number of phenols is 1. The molecule has 0 heterocycles. The summed E-state index contributed by atoms with van der Waals surface area (Å²) in [5.41, 5.74) is -0.0352. The molecule has 0 aromatic heterocycles.